The van der Waals surface area contributed by atoms with E-state index in [2.05, 4.69) is 229 Å². The average Bonchev–Trinajstić information content (AvgIpc) is 3.69. The first-order valence-electron chi connectivity index (χ1n) is 19.8. The predicted molar refractivity (Wildman–Crippen MR) is 245 cm³/mol. The SMILES string of the molecule is c1ccc(-c2ccc(-c3ccc(N(c4ccc(-c5ccccc5)cc4)c4cc5c(oc6cccc(-c7ccc8ccccc8c7)c65)c5ccccc45)cc3)cc2)cc1. The molecule has 0 amide bonds. The fourth-order valence-electron chi connectivity index (χ4n) is 8.56. The molecule has 2 heteroatoms. The zero-order chi connectivity index (χ0) is 38.4. The molecule has 0 radical (unpaired) electrons. The summed E-state index contributed by atoms with van der Waals surface area (Å²) in [5.74, 6) is 0. The van der Waals surface area contributed by atoms with Crippen LogP contribution in [-0.2, 0) is 0 Å². The van der Waals surface area contributed by atoms with Crippen molar-refractivity contribution >= 4 is 60.5 Å². The number of furan rings is 1. The van der Waals surface area contributed by atoms with E-state index in [1.807, 2.05) is 0 Å². The molecule has 0 fully saturated rings. The van der Waals surface area contributed by atoms with Crippen molar-refractivity contribution in [3.8, 4) is 44.5 Å². The molecule has 1 aromatic heterocycles. The van der Waals surface area contributed by atoms with Gasteiger partial charge in [0.05, 0.1) is 5.69 Å². The fourth-order valence-corrected chi connectivity index (χ4v) is 8.56. The molecule has 58 heavy (non-hydrogen) atoms. The highest BCUT2D eigenvalue weighted by Gasteiger charge is 2.22. The summed E-state index contributed by atoms with van der Waals surface area (Å²) in [4.78, 5) is 2.40. The summed E-state index contributed by atoms with van der Waals surface area (Å²) in [5.41, 5.74) is 14.5. The minimum absolute atomic E-state index is 0.879. The Morgan fingerprint density at radius 3 is 1.40 bits per heavy atom. The van der Waals surface area contributed by atoms with Crippen LogP contribution in [0.15, 0.2) is 229 Å². The van der Waals surface area contributed by atoms with Crippen LogP contribution in [0.2, 0.25) is 0 Å². The van der Waals surface area contributed by atoms with E-state index >= 15 is 0 Å². The summed E-state index contributed by atoms with van der Waals surface area (Å²) < 4.78 is 6.81. The van der Waals surface area contributed by atoms with E-state index in [1.165, 1.54) is 49.7 Å². The van der Waals surface area contributed by atoms with Gasteiger partial charge in [-0.15, -0.1) is 0 Å². The minimum atomic E-state index is 0.879. The summed E-state index contributed by atoms with van der Waals surface area (Å²) in [5, 5.41) is 6.86. The Hall–Kier alpha value is -7.68. The molecular formula is C56H37NO. The van der Waals surface area contributed by atoms with Gasteiger partial charge in [0, 0.05) is 32.9 Å². The molecule has 0 atom stereocenters. The number of anilines is 3. The third-order valence-corrected chi connectivity index (χ3v) is 11.5. The molecule has 0 aliphatic carbocycles. The van der Waals surface area contributed by atoms with Crippen LogP contribution in [-0.4, -0.2) is 0 Å². The van der Waals surface area contributed by atoms with E-state index in [4.69, 9.17) is 4.42 Å². The topological polar surface area (TPSA) is 16.4 Å². The second-order valence-corrected chi connectivity index (χ2v) is 14.9. The van der Waals surface area contributed by atoms with Crippen molar-refractivity contribution in [3.05, 3.63) is 224 Å². The zero-order valence-corrected chi connectivity index (χ0v) is 31.7. The number of benzene rings is 10. The minimum Gasteiger partial charge on any atom is -0.455 e. The smallest absolute Gasteiger partial charge is 0.143 e. The maximum atomic E-state index is 6.81. The summed E-state index contributed by atoms with van der Waals surface area (Å²) in [6.45, 7) is 0. The molecule has 0 saturated carbocycles. The van der Waals surface area contributed by atoms with Crippen LogP contribution in [0.25, 0.3) is 88.0 Å². The molecule has 272 valence electrons. The van der Waals surface area contributed by atoms with E-state index in [9.17, 15) is 0 Å². The maximum Gasteiger partial charge on any atom is 0.143 e. The predicted octanol–water partition coefficient (Wildman–Crippen LogP) is 16.0. The van der Waals surface area contributed by atoms with Gasteiger partial charge in [-0.05, 0) is 97.7 Å². The first-order valence-corrected chi connectivity index (χ1v) is 19.8. The monoisotopic (exact) mass is 739 g/mol. The van der Waals surface area contributed by atoms with E-state index in [-0.39, 0.29) is 0 Å². The Balaban J connectivity index is 1.09. The van der Waals surface area contributed by atoms with Gasteiger partial charge in [0.15, 0.2) is 0 Å². The molecule has 1 heterocycles. The lowest BCUT2D eigenvalue weighted by atomic mass is 9.95. The van der Waals surface area contributed by atoms with Crippen molar-refractivity contribution in [3.63, 3.8) is 0 Å². The molecule has 0 unspecified atom stereocenters. The Bertz CT molecular complexity index is 3240. The number of rotatable bonds is 7. The van der Waals surface area contributed by atoms with Crippen molar-refractivity contribution in [2.24, 2.45) is 0 Å². The molecule has 0 saturated heterocycles. The Morgan fingerprint density at radius 2 is 0.793 bits per heavy atom. The second-order valence-electron chi connectivity index (χ2n) is 14.9. The van der Waals surface area contributed by atoms with Crippen LogP contribution in [0.3, 0.4) is 0 Å². The third-order valence-electron chi connectivity index (χ3n) is 11.5. The van der Waals surface area contributed by atoms with Crippen molar-refractivity contribution in [1.29, 1.82) is 0 Å². The van der Waals surface area contributed by atoms with Crippen LogP contribution in [0.5, 0.6) is 0 Å². The highest BCUT2D eigenvalue weighted by atomic mass is 16.3. The Kier molecular flexibility index (Phi) is 8.19. The van der Waals surface area contributed by atoms with Gasteiger partial charge in [0.1, 0.15) is 11.2 Å². The van der Waals surface area contributed by atoms with Gasteiger partial charge in [0.2, 0.25) is 0 Å². The molecule has 0 aliphatic rings. The van der Waals surface area contributed by atoms with E-state index in [0.29, 0.717) is 0 Å². The normalized spacial score (nSPS) is 11.4. The van der Waals surface area contributed by atoms with Gasteiger partial charge in [-0.25, -0.2) is 0 Å². The van der Waals surface area contributed by atoms with E-state index in [1.54, 1.807) is 0 Å². The van der Waals surface area contributed by atoms with Gasteiger partial charge >= 0.3 is 0 Å². The number of nitrogens with zero attached hydrogens (tertiary/aromatic N) is 1. The lowest BCUT2D eigenvalue weighted by Crippen LogP contribution is -2.10. The highest BCUT2D eigenvalue weighted by Crippen LogP contribution is 2.47. The molecule has 0 bridgehead atoms. The molecule has 11 aromatic rings. The zero-order valence-electron chi connectivity index (χ0n) is 31.7. The second kappa shape index (κ2) is 14.1. The van der Waals surface area contributed by atoms with Crippen molar-refractivity contribution in [1.82, 2.24) is 0 Å². The quantitative estimate of drug-likeness (QED) is 0.162. The van der Waals surface area contributed by atoms with Crippen molar-refractivity contribution < 1.29 is 4.42 Å². The number of hydrogen-bond acceptors (Lipinski definition) is 2. The van der Waals surface area contributed by atoms with Gasteiger partial charge < -0.3 is 9.32 Å². The molecule has 0 N–H and O–H groups in total. The van der Waals surface area contributed by atoms with Crippen LogP contribution >= 0.6 is 0 Å². The molecule has 0 spiro atoms. The average molecular weight is 740 g/mol. The van der Waals surface area contributed by atoms with E-state index < -0.39 is 0 Å². The van der Waals surface area contributed by atoms with Crippen LogP contribution in [0, 0.1) is 0 Å². The van der Waals surface area contributed by atoms with Crippen LogP contribution in [0.4, 0.5) is 17.1 Å². The molecule has 10 aromatic carbocycles. The molecule has 2 nitrogen and oxygen atoms in total. The first kappa shape index (κ1) is 33.6. The van der Waals surface area contributed by atoms with Crippen LogP contribution < -0.4 is 4.90 Å². The van der Waals surface area contributed by atoms with Gasteiger partial charge in [0.25, 0.3) is 0 Å². The summed E-state index contributed by atoms with van der Waals surface area (Å²) in [7, 11) is 0. The summed E-state index contributed by atoms with van der Waals surface area (Å²) in [6.07, 6.45) is 0. The number of hydrogen-bond donors (Lipinski definition) is 0. The maximum absolute atomic E-state index is 6.81. The lowest BCUT2D eigenvalue weighted by Gasteiger charge is -2.27. The lowest BCUT2D eigenvalue weighted by molar-refractivity contribution is 0.673. The molecular weight excluding hydrogens is 703 g/mol. The third kappa shape index (κ3) is 5.91. The largest absolute Gasteiger partial charge is 0.455 e. The van der Waals surface area contributed by atoms with E-state index in [0.717, 1.165) is 55.3 Å². The highest BCUT2D eigenvalue weighted by molar-refractivity contribution is 6.22. The Morgan fingerprint density at radius 1 is 0.310 bits per heavy atom. The molecule has 0 aliphatic heterocycles. The van der Waals surface area contributed by atoms with Gasteiger partial charge in [-0.2, -0.15) is 0 Å². The Labute approximate surface area is 337 Å². The summed E-state index contributed by atoms with van der Waals surface area (Å²) >= 11 is 0. The summed E-state index contributed by atoms with van der Waals surface area (Å²) in [6, 6.07) is 80.6. The first-order chi connectivity index (χ1) is 28.7. The van der Waals surface area contributed by atoms with Crippen LogP contribution in [0.1, 0.15) is 0 Å². The van der Waals surface area contributed by atoms with Crippen molar-refractivity contribution in [2.45, 2.75) is 0 Å². The standard InChI is InChI=1S/C56H37NO/c1-3-12-38(13-4-1)41-22-24-42(25-23-41)44-30-34-48(35-31-44)57(47-32-28-43(29-33-47)39-14-5-2-6-15-39)53-37-52-55-49(46-27-26-40-16-7-8-17-45(40)36-46)20-11-21-54(55)58-56(52)51-19-10-9-18-50(51)53/h1-37H. The fraction of sp³-hybridized carbons (Fsp3) is 0. The number of fused-ring (bicyclic) bond motifs is 6. The molecule has 11 rings (SSSR count). The van der Waals surface area contributed by atoms with Gasteiger partial charge in [-0.3, -0.25) is 0 Å². The van der Waals surface area contributed by atoms with Crippen molar-refractivity contribution in [2.75, 3.05) is 4.90 Å². The van der Waals surface area contributed by atoms with Gasteiger partial charge in [-0.1, -0.05) is 182 Å².